The summed E-state index contributed by atoms with van der Waals surface area (Å²) in [6, 6.07) is 6.56. The lowest BCUT2D eigenvalue weighted by Crippen LogP contribution is -2.49. The van der Waals surface area contributed by atoms with Gasteiger partial charge < -0.3 is 14.4 Å². The van der Waals surface area contributed by atoms with Crippen LogP contribution in [-0.4, -0.2) is 68.7 Å². The Labute approximate surface area is 173 Å². The van der Waals surface area contributed by atoms with Crippen molar-refractivity contribution in [3.63, 3.8) is 0 Å². The number of amides is 1. The molecule has 0 saturated carbocycles. The Morgan fingerprint density at radius 2 is 1.79 bits per heavy atom. The van der Waals surface area contributed by atoms with Gasteiger partial charge in [0, 0.05) is 25.7 Å². The van der Waals surface area contributed by atoms with Crippen LogP contribution in [0.4, 0.5) is 0 Å². The first-order valence-corrected chi connectivity index (χ1v) is 11.7. The summed E-state index contributed by atoms with van der Waals surface area (Å²) in [4.78, 5) is 14.8. The highest BCUT2D eigenvalue weighted by atomic mass is 32.2. The molecule has 0 bridgehead atoms. The van der Waals surface area contributed by atoms with Crippen LogP contribution in [0.3, 0.4) is 0 Å². The van der Waals surface area contributed by atoms with Gasteiger partial charge in [-0.15, -0.1) is 0 Å². The van der Waals surface area contributed by atoms with Crippen LogP contribution in [-0.2, 0) is 24.3 Å². The number of ether oxygens (including phenoxy) is 2. The van der Waals surface area contributed by atoms with Gasteiger partial charge >= 0.3 is 0 Å². The highest BCUT2D eigenvalue weighted by Gasteiger charge is 2.35. The Morgan fingerprint density at radius 1 is 1.14 bits per heavy atom. The Kier molecular flexibility index (Phi) is 7.45. The molecule has 0 spiro atoms. The summed E-state index contributed by atoms with van der Waals surface area (Å²) in [7, 11) is -3.48. The van der Waals surface area contributed by atoms with Gasteiger partial charge in [0.05, 0.1) is 24.2 Å². The number of benzene rings is 1. The molecule has 3 rings (SSSR count). The van der Waals surface area contributed by atoms with E-state index in [0.29, 0.717) is 32.8 Å². The third-order valence-electron chi connectivity index (χ3n) is 5.44. The van der Waals surface area contributed by atoms with Crippen LogP contribution >= 0.6 is 0 Å². The summed E-state index contributed by atoms with van der Waals surface area (Å²) in [6.45, 7) is 6.33. The molecule has 8 heteroatoms. The molecule has 2 aliphatic heterocycles. The maximum Gasteiger partial charge on any atom is 0.246 e. The molecule has 2 fully saturated rings. The molecule has 1 atom stereocenters. The molecule has 0 unspecified atom stereocenters. The molecular formula is C21H30N2O5S. The molecule has 1 amide bonds. The lowest BCUT2D eigenvalue weighted by atomic mass is 10.0. The standard InChI is InChI=1S/C21H30N2O5S/c1-3-22(4-2)29(25,26)18-11-8-17(9-12-18)10-13-20(24)23-14-6-5-7-19(23)21-27-15-16-28-21/h8-13,19,21H,3-7,14-16H2,1-2H3/b13-10+/t19-/m0/s1. The molecule has 2 aliphatic rings. The molecule has 0 aromatic heterocycles. The SMILES string of the molecule is CCN(CC)S(=O)(=O)c1ccc(/C=C/C(=O)N2CCCC[C@H]2C2OCCO2)cc1. The van der Waals surface area contributed by atoms with Gasteiger partial charge in [-0.1, -0.05) is 26.0 Å². The normalized spacial score (nSPS) is 21.3. The maximum atomic E-state index is 12.8. The number of piperidine rings is 1. The fourth-order valence-corrected chi connectivity index (χ4v) is 5.30. The summed E-state index contributed by atoms with van der Waals surface area (Å²) in [5, 5.41) is 0. The Bertz CT molecular complexity index is 812. The number of hydrogen-bond donors (Lipinski definition) is 0. The predicted octanol–water partition coefficient (Wildman–Crippen LogP) is 2.48. The second-order valence-electron chi connectivity index (χ2n) is 7.20. The predicted molar refractivity (Wildman–Crippen MR) is 111 cm³/mol. The molecule has 2 saturated heterocycles. The van der Waals surface area contributed by atoms with Crippen LogP contribution in [0.15, 0.2) is 35.2 Å². The van der Waals surface area contributed by atoms with Gasteiger partial charge in [0.2, 0.25) is 15.9 Å². The quantitative estimate of drug-likeness (QED) is 0.631. The van der Waals surface area contributed by atoms with Crippen molar-refractivity contribution in [2.75, 3.05) is 32.8 Å². The fourth-order valence-electron chi connectivity index (χ4n) is 3.84. The maximum absolute atomic E-state index is 12.8. The van der Waals surface area contributed by atoms with E-state index in [0.717, 1.165) is 24.8 Å². The highest BCUT2D eigenvalue weighted by molar-refractivity contribution is 7.89. The number of sulfonamides is 1. The average molecular weight is 423 g/mol. The Morgan fingerprint density at radius 3 is 2.41 bits per heavy atom. The average Bonchev–Trinajstić information content (AvgIpc) is 3.28. The molecule has 160 valence electrons. The number of carbonyl (C=O) groups is 1. The van der Waals surface area contributed by atoms with Crippen molar-refractivity contribution in [3.8, 4) is 0 Å². The Balaban J connectivity index is 1.68. The van der Waals surface area contributed by atoms with Crippen molar-refractivity contribution in [1.82, 2.24) is 9.21 Å². The van der Waals surface area contributed by atoms with Crippen LogP contribution in [0.25, 0.3) is 6.08 Å². The number of carbonyl (C=O) groups excluding carboxylic acids is 1. The second-order valence-corrected chi connectivity index (χ2v) is 9.13. The van der Waals surface area contributed by atoms with Crippen molar-refractivity contribution < 1.29 is 22.7 Å². The van der Waals surface area contributed by atoms with Crippen LogP contribution in [0.1, 0.15) is 38.7 Å². The third-order valence-corrected chi connectivity index (χ3v) is 7.50. The smallest absolute Gasteiger partial charge is 0.246 e. The topological polar surface area (TPSA) is 76.2 Å². The van der Waals surface area contributed by atoms with Crippen LogP contribution < -0.4 is 0 Å². The van der Waals surface area contributed by atoms with Crippen LogP contribution in [0, 0.1) is 0 Å². The lowest BCUT2D eigenvalue weighted by molar-refractivity contribution is -0.145. The molecular weight excluding hydrogens is 392 g/mol. The van der Waals surface area contributed by atoms with Crippen LogP contribution in [0.2, 0.25) is 0 Å². The van der Waals surface area contributed by atoms with E-state index in [4.69, 9.17) is 9.47 Å². The summed E-state index contributed by atoms with van der Waals surface area (Å²) in [5.74, 6) is -0.0753. The molecule has 1 aromatic carbocycles. The van der Waals surface area contributed by atoms with E-state index in [1.807, 2.05) is 18.7 Å². The zero-order valence-corrected chi connectivity index (χ0v) is 17.9. The van der Waals surface area contributed by atoms with Crippen LogP contribution in [0.5, 0.6) is 0 Å². The third kappa shape index (κ3) is 5.06. The zero-order chi connectivity index (χ0) is 20.9. The van der Waals surface area contributed by atoms with Gasteiger partial charge in [-0.25, -0.2) is 8.42 Å². The van der Waals surface area contributed by atoms with Gasteiger partial charge in [0.15, 0.2) is 6.29 Å². The summed E-state index contributed by atoms with van der Waals surface area (Å²) >= 11 is 0. The van der Waals surface area contributed by atoms with E-state index in [1.54, 1.807) is 36.4 Å². The minimum Gasteiger partial charge on any atom is -0.348 e. The lowest BCUT2D eigenvalue weighted by Gasteiger charge is -2.37. The molecule has 0 aliphatic carbocycles. The number of likely N-dealkylation sites (tertiary alicyclic amines) is 1. The first-order valence-electron chi connectivity index (χ1n) is 10.3. The summed E-state index contributed by atoms with van der Waals surface area (Å²) in [6.07, 6.45) is 5.84. The van der Waals surface area contributed by atoms with Crippen molar-refractivity contribution in [2.45, 2.75) is 50.3 Å². The van der Waals surface area contributed by atoms with E-state index >= 15 is 0 Å². The minimum atomic E-state index is -3.48. The summed E-state index contributed by atoms with van der Waals surface area (Å²) < 4.78 is 37.8. The first kappa shape index (κ1) is 22.0. The molecule has 7 nitrogen and oxygen atoms in total. The van der Waals surface area contributed by atoms with Crippen molar-refractivity contribution >= 4 is 22.0 Å². The summed E-state index contributed by atoms with van der Waals surface area (Å²) in [5.41, 5.74) is 0.777. The molecule has 1 aromatic rings. The van der Waals surface area contributed by atoms with Gasteiger partial charge in [-0.05, 0) is 43.0 Å². The largest absolute Gasteiger partial charge is 0.348 e. The van der Waals surface area contributed by atoms with E-state index in [2.05, 4.69) is 0 Å². The second kappa shape index (κ2) is 9.84. The molecule has 0 N–H and O–H groups in total. The highest BCUT2D eigenvalue weighted by Crippen LogP contribution is 2.25. The van der Waals surface area contributed by atoms with Crippen molar-refractivity contribution in [1.29, 1.82) is 0 Å². The number of rotatable bonds is 7. The minimum absolute atomic E-state index is 0.0509. The van der Waals surface area contributed by atoms with E-state index in [9.17, 15) is 13.2 Å². The molecule has 29 heavy (non-hydrogen) atoms. The van der Waals surface area contributed by atoms with Gasteiger partial charge in [-0.3, -0.25) is 4.79 Å². The monoisotopic (exact) mass is 422 g/mol. The van der Waals surface area contributed by atoms with E-state index in [-0.39, 0.29) is 23.1 Å². The first-order chi connectivity index (χ1) is 14.0. The number of nitrogens with zero attached hydrogens (tertiary/aromatic N) is 2. The zero-order valence-electron chi connectivity index (χ0n) is 17.1. The Hall–Kier alpha value is -1.74. The van der Waals surface area contributed by atoms with Gasteiger partial charge in [0.1, 0.15) is 0 Å². The van der Waals surface area contributed by atoms with Gasteiger partial charge in [0.25, 0.3) is 0 Å². The number of hydrogen-bond acceptors (Lipinski definition) is 5. The molecule has 2 heterocycles. The van der Waals surface area contributed by atoms with Crippen molar-refractivity contribution in [2.24, 2.45) is 0 Å². The van der Waals surface area contributed by atoms with Gasteiger partial charge in [-0.2, -0.15) is 4.31 Å². The molecule has 0 radical (unpaired) electrons. The van der Waals surface area contributed by atoms with Crippen molar-refractivity contribution in [3.05, 3.63) is 35.9 Å². The van der Waals surface area contributed by atoms with E-state index in [1.165, 1.54) is 4.31 Å². The van der Waals surface area contributed by atoms with E-state index < -0.39 is 10.0 Å². The fraction of sp³-hybridized carbons (Fsp3) is 0.571.